The predicted molar refractivity (Wildman–Crippen MR) is 59.0 cm³/mol. The van der Waals surface area contributed by atoms with E-state index in [1.807, 2.05) is 0 Å². The first-order chi connectivity index (χ1) is 8.71. The van der Waals surface area contributed by atoms with Crippen molar-refractivity contribution in [2.45, 2.75) is 20.0 Å². The maximum Gasteiger partial charge on any atom is 0.435 e. The first kappa shape index (κ1) is 13.5. The van der Waals surface area contributed by atoms with E-state index in [0.717, 1.165) is 0 Å². The molecule has 9 heteroatoms. The Morgan fingerprint density at radius 2 is 2.00 bits per heavy atom. The predicted octanol–water partition coefficient (Wildman–Crippen LogP) is 3.13. The normalized spacial score (nSPS) is 11.8. The number of rotatable bonds is 2. The van der Waals surface area contributed by atoms with Crippen LogP contribution in [0, 0.1) is 13.8 Å². The maximum absolute atomic E-state index is 12.7. The first-order valence-electron chi connectivity index (χ1n) is 4.96. The fraction of sp³-hybridized carbons (Fsp3) is 0.300. The molecule has 0 unspecified atom stereocenters. The molecule has 0 aliphatic heterocycles. The van der Waals surface area contributed by atoms with E-state index in [2.05, 4.69) is 10.1 Å². The van der Waals surface area contributed by atoms with Crippen LogP contribution in [0.1, 0.15) is 26.8 Å². The van der Waals surface area contributed by atoms with Crippen molar-refractivity contribution in [3.8, 4) is 10.6 Å². The Labute approximate surface area is 108 Å². The van der Waals surface area contributed by atoms with Gasteiger partial charge in [0.1, 0.15) is 15.6 Å². The molecule has 1 N–H and O–H groups in total. The monoisotopic (exact) mass is 292 g/mol. The summed E-state index contributed by atoms with van der Waals surface area (Å²) in [7, 11) is 0. The highest BCUT2D eigenvalue weighted by Gasteiger charge is 2.40. The van der Waals surface area contributed by atoms with Crippen LogP contribution >= 0.6 is 11.3 Å². The second kappa shape index (κ2) is 4.34. The molecule has 102 valence electrons. The summed E-state index contributed by atoms with van der Waals surface area (Å²) in [4.78, 5) is 13.4. The SMILES string of the molecule is Cc1noc(C)c1-c1nc(C(F)(F)F)c(C(=O)O)s1. The van der Waals surface area contributed by atoms with E-state index in [9.17, 15) is 18.0 Å². The van der Waals surface area contributed by atoms with Crippen molar-refractivity contribution in [2.24, 2.45) is 0 Å². The summed E-state index contributed by atoms with van der Waals surface area (Å²) in [6.45, 7) is 3.06. The van der Waals surface area contributed by atoms with Crippen molar-refractivity contribution in [1.29, 1.82) is 0 Å². The molecule has 0 radical (unpaired) electrons. The Balaban J connectivity index is 2.65. The third-order valence-corrected chi connectivity index (χ3v) is 3.40. The van der Waals surface area contributed by atoms with Crippen molar-refractivity contribution in [1.82, 2.24) is 10.1 Å². The molecule has 2 rings (SSSR count). The minimum Gasteiger partial charge on any atom is -0.477 e. The van der Waals surface area contributed by atoms with Crippen LogP contribution in [0.25, 0.3) is 10.6 Å². The van der Waals surface area contributed by atoms with Gasteiger partial charge >= 0.3 is 12.1 Å². The van der Waals surface area contributed by atoms with Gasteiger partial charge in [0.2, 0.25) is 0 Å². The van der Waals surface area contributed by atoms with Crippen LogP contribution in [-0.4, -0.2) is 21.2 Å². The van der Waals surface area contributed by atoms with Crippen LogP contribution < -0.4 is 0 Å². The van der Waals surface area contributed by atoms with Gasteiger partial charge in [0.05, 0.1) is 11.3 Å². The smallest absolute Gasteiger partial charge is 0.435 e. The fourth-order valence-electron chi connectivity index (χ4n) is 1.55. The third kappa shape index (κ3) is 2.33. The highest BCUT2D eigenvalue weighted by molar-refractivity contribution is 7.17. The van der Waals surface area contributed by atoms with Gasteiger partial charge in [0.15, 0.2) is 5.69 Å². The number of aromatic nitrogens is 2. The summed E-state index contributed by atoms with van der Waals surface area (Å²) >= 11 is 0.450. The summed E-state index contributed by atoms with van der Waals surface area (Å²) < 4.78 is 43.0. The number of halogens is 3. The molecular formula is C10H7F3N2O3S. The van der Waals surface area contributed by atoms with Gasteiger partial charge < -0.3 is 9.63 Å². The second-order valence-electron chi connectivity index (χ2n) is 3.70. The summed E-state index contributed by atoms with van der Waals surface area (Å²) in [5, 5.41) is 12.3. The highest BCUT2D eigenvalue weighted by Crippen LogP contribution is 2.39. The zero-order valence-electron chi connectivity index (χ0n) is 9.70. The standard InChI is InChI=1S/C10H7F3N2O3S/c1-3-5(4(2)18-15-3)8-14-7(10(11,12)13)6(19-8)9(16)17/h1-2H3,(H,16,17). The van der Waals surface area contributed by atoms with Gasteiger partial charge in [-0.2, -0.15) is 13.2 Å². The Morgan fingerprint density at radius 3 is 2.37 bits per heavy atom. The van der Waals surface area contributed by atoms with E-state index in [-0.39, 0.29) is 10.8 Å². The average Bonchev–Trinajstić information content (AvgIpc) is 2.82. The number of hydrogen-bond donors (Lipinski definition) is 1. The summed E-state index contributed by atoms with van der Waals surface area (Å²) in [5.74, 6) is -1.38. The zero-order valence-corrected chi connectivity index (χ0v) is 10.5. The number of alkyl halides is 3. The molecule has 0 aliphatic rings. The molecule has 0 bridgehead atoms. The molecule has 0 fully saturated rings. The van der Waals surface area contributed by atoms with Crippen molar-refractivity contribution >= 4 is 17.3 Å². The number of hydrogen-bond acceptors (Lipinski definition) is 5. The summed E-state index contributed by atoms with van der Waals surface area (Å²) in [6, 6.07) is 0. The molecule has 2 heterocycles. The first-order valence-corrected chi connectivity index (χ1v) is 5.78. The summed E-state index contributed by atoms with van der Waals surface area (Å²) in [5.41, 5.74) is -0.750. The van der Waals surface area contributed by atoms with E-state index in [1.165, 1.54) is 6.92 Å². The molecule has 0 amide bonds. The van der Waals surface area contributed by atoms with Gasteiger partial charge in [-0.3, -0.25) is 0 Å². The topological polar surface area (TPSA) is 76.2 Å². The molecule has 2 aromatic heterocycles. The van der Waals surface area contributed by atoms with Crippen LogP contribution in [0.3, 0.4) is 0 Å². The molecule has 2 aromatic rings. The van der Waals surface area contributed by atoms with E-state index in [4.69, 9.17) is 9.63 Å². The fourth-order valence-corrected chi connectivity index (χ4v) is 2.62. The van der Waals surface area contributed by atoms with Gasteiger partial charge in [-0.15, -0.1) is 11.3 Å². The Morgan fingerprint density at radius 1 is 1.37 bits per heavy atom. The number of aromatic carboxylic acids is 1. The lowest BCUT2D eigenvalue weighted by Crippen LogP contribution is -2.11. The van der Waals surface area contributed by atoms with Gasteiger partial charge in [-0.1, -0.05) is 5.16 Å². The lowest BCUT2D eigenvalue weighted by molar-refractivity contribution is -0.141. The van der Waals surface area contributed by atoms with Crippen LogP contribution in [0.5, 0.6) is 0 Å². The number of nitrogens with zero attached hydrogens (tertiary/aromatic N) is 2. The van der Waals surface area contributed by atoms with Crippen LogP contribution in [-0.2, 0) is 6.18 Å². The van der Waals surface area contributed by atoms with Gasteiger partial charge in [-0.05, 0) is 13.8 Å². The number of aryl methyl sites for hydroxylation is 2. The second-order valence-corrected chi connectivity index (χ2v) is 4.70. The van der Waals surface area contributed by atoms with Gasteiger partial charge in [0.25, 0.3) is 0 Å². The number of thiazole rings is 1. The lowest BCUT2D eigenvalue weighted by Gasteiger charge is -2.02. The molecule has 19 heavy (non-hydrogen) atoms. The van der Waals surface area contributed by atoms with E-state index in [1.54, 1.807) is 6.92 Å². The molecule has 0 saturated heterocycles. The minimum absolute atomic E-state index is 0.0685. The largest absolute Gasteiger partial charge is 0.477 e. The van der Waals surface area contributed by atoms with Crippen LogP contribution in [0.15, 0.2) is 4.52 Å². The molecular weight excluding hydrogens is 285 g/mol. The third-order valence-electron chi connectivity index (χ3n) is 2.34. The van der Waals surface area contributed by atoms with Crippen LogP contribution in [0.2, 0.25) is 0 Å². The van der Waals surface area contributed by atoms with Crippen molar-refractivity contribution < 1.29 is 27.6 Å². The number of carboxylic acids is 1. The number of carbonyl (C=O) groups is 1. The zero-order chi connectivity index (χ0) is 14.4. The quantitative estimate of drug-likeness (QED) is 0.920. The van der Waals surface area contributed by atoms with E-state index in [0.29, 0.717) is 22.6 Å². The van der Waals surface area contributed by atoms with Crippen molar-refractivity contribution in [2.75, 3.05) is 0 Å². The van der Waals surface area contributed by atoms with Crippen molar-refractivity contribution in [3.05, 3.63) is 22.0 Å². The summed E-state index contributed by atoms with van der Waals surface area (Å²) in [6.07, 6.45) is -4.82. The molecule has 5 nitrogen and oxygen atoms in total. The van der Waals surface area contributed by atoms with E-state index >= 15 is 0 Å². The van der Waals surface area contributed by atoms with Gasteiger partial charge in [0, 0.05) is 0 Å². The molecule has 0 aliphatic carbocycles. The Bertz CT molecular complexity index is 625. The van der Waals surface area contributed by atoms with Crippen molar-refractivity contribution in [3.63, 3.8) is 0 Å². The van der Waals surface area contributed by atoms with Crippen LogP contribution in [0.4, 0.5) is 13.2 Å². The molecule has 0 saturated carbocycles. The Hall–Kier alpha value is -1.90. The average molecular weight is 292 g/mol. The number of carboxylic acid groups (broad SMARTS) is 1. The maximum atomic E-state index is 12.7. The Kier molecular flexibility index (Phi) is 3.09. The molecule has 0 atom stereocenters. The minimum atomic E-state index is -4.82. The molecule has 0 spiro atoms. The lowest BCUT2D eigenvalue weighted by atomic mass is 10.2. The van der Waals surface area contributed by atoms with Gasteiger partial charge in [-0.25, -0.2) is 9.78 Å². The van der Waals surface area contributed by atoms with E-state index < -0.39 is 22.7 Å². The highest BCUT2D eigenvalue weighted by atomic mass is 32.1. The molecule has 0 aromatic carbocycles.